The van der Waals surface area contributed by atoms with Gasteiger partial charge in [0.1, 0.15) is 0 Å². The number of hydrogen-bond acceptors (Lipinski definition) is 2. The van der Waals surface area contributed by atoms with E-state index in [2.05, 4.69) is 48.8 Å². The quantitative estimate of drug-likeness (QED) is 0.819. The SMILES string of the molecule is C=CC[C@@H](c1ccc(C)cc1C)N1CCNCC1. The summed E-state index contributed by atoms with van der Waals surface area (Å²) in [5.41, 5.74) is 4.21. The topological polar surface area (TPSA) is 15.3 Å². The molecule has 2 nitrogen and oxygen atoms in total. The van der Waals surface area contributed by atoms with E-state index in [1.807, 2.05) is 6.08 Å². The highest BCUT2D eigenvalue weighted by molar-refractivity contribution is 5.33. The molecule has 0 aromatic heterocycles. The first-order valence-corrected chi connectivity index (χ1v) is 6.85. The fourth-order valence-corrected chi connectivity index (χ4v) is 2.82. The van der Waals surface area contributed by atoms with Crippen LogP contribution in [0.4, 0.5) is 0 Å². The number of benzene rings is 1. The van der Waals surface area contributed by atoms with Gasteiger partial charge in [0, 0.05) is 32.2 Å². The number of aryl methyl sites for hydroxylation is 2. The van der Waals surface area contributed by atoms with Gasteiger partial charge >= 0.3 is 0 Å². The van der Waals surface area contributed by atoms with Crippen molar-refractivity contribution in [2.24, 2.45) is 0 Å². The van der Waals surface area contributed by atoms with Crippen LogP contribution in [0.1, 0.15) is 29.2 Å². The van der Waals surface area contributed by atoms with Crippen LogP contribution >= 0.6 is 0 Å². The minimum atomic E-state index is 0.491. The Labute approximate surface area is 111 Å². The zero-order chi connectivity index (χ0) is 13.0. The molecule has 0 spiro atoms. The van der Waals surface area contributed by atoms with E-state index in [4.69, 9.17) is 0 Å². The second-order valence-electron chi connectivity index (χ2n) is 5.19. The molecule has 18 heavy (non-hydrogen) atoms. The van der Waals surface area contributed by atoms with Gasteiger partial charge in [-0.15, -0.1) is 6.58 Å². The van der Waals surface area contributed by atoms with Gasteiger partial charge < -0.3 is 5.32 Å². The third-order valence-electron chi connectivity index (χ3n) is 3.77. The number of piperazine rings is 1. The molecule has 1 N–H and O–H groups in total. The van der Waals surface area contributed by atoms with E-state index in [1.165, 1.54) is 16.7 Å². The summed E-state index contributed by atoms with van der Waals surface area (Å²) < 4.78 is 0. The van der Waals surface area contributed by atoms with Gasteiger partial charge in [-0.25, -0.2) is 0 Å². The molecule has 1 aliphatic heterocycles. The molecule has 0 bridgehead atoms. The predicted molar refractivity (Wildman–Crippen MR) is 77.9 cm³/mol. The van der Waals surface area contributed by atoms with Crippen molar-refractivity contribution in [2.75, 3.05) is 26.2 Å². The van der Waals surface area contributed by atoms with E-state index in [-0.39, 0.29) is 0 Å². The molecule has 1 aliphatic rings. The Hall–Kier alpha value is -1.12. The molecule has 2 heteroatoms. The first kappa shape index (κ1) is 13.3. The maximum Gasteiger partial charge on any atom is 0.0386 e. The minimum Gasteiger partial charge on any atom is -0.314 e. The highest BCUT2D eigenvalue weighted by Crippen LogP contribution is 2.28. The van der Waals surface area contributed by atoms with Crippen LogP contribution in [0.25, 0.3) is 0 Å². The molecule has 0 unspecified atom stereocenters. The highest BCUT2D eigenvalue weighted by Gasteiger charge is 2.22. The van der Waals surface area contributed by atoms with Gasteiger partial charge in [-0.1, -0.05) is 29.8 Å². The zero-order valence-corrected chi connectivity index (χ0v) is 11.6. The third kappa shape index (κ3) is 3.01. The monoisotopic (exact) mass is 244 g/mol. The van der Waals surface area contributed by atoms with Gasteiger partial charge in [0.05, 0.1) is 0 Å². The normalized spacial score (nSPS) is 18.6. The summed E-state index contributed by atoms with van der Waals surface area (Å²) in [6.45, 7) is 12.8. The Morgan fingerprint density at radius 3 is 2.67 bits per heavy atom. The lowest BCUT2D eigenvalue weighted by Crippen LogP contribution is -2.45. The molecule has 2 rings (SSSR count). The van der Waals surface area contributed by atoms with Crippen molar-refractivity contribution >= 4 is 0 Å². The van der Waals surface area contributed by atoms with Crippen LogP contribution in [-0.2, 0) is 0 Å². The summed E-state index contributed by atoms with van der Waals surface area (Å²) in [5, 5.41) is 3.42. The summed E-state index contributed by atoms with van der Waals surface area (Å²) in [6, 6.07) is 7.29. The fraction of sp³-hybridized carbons (Fsp3) is 0.500. The number of hydrogen-bond donors (Lipinski definition) is 1. The Morgan fingerprint density at radius 2 is 2.06 bits per heavy atom. The van der Waals surface area contributed by atoms with E-state index in [1.54, 1.807) is 0 Å². The van der Waals surface area contributed by atoms with Gasteiger partial charge in [0.2, 0.25) is 0 Å². The van der Waals surface area contributed by atoms with Crippen LogP contribution in [0.5, 0.6) is 0 Å². The van der Waals surface area contributed by atoms with Crippen molar-refractivity contribution in [3.63, 3.8) is 0 Å². The Balaban J connectivity index is 2.24. The maximum absolute atomic E-state index is 3.93. The predicted octanol–water partition coefficient (Wildman–Crippen LogP) is 2.83. The average molecular weight is 244 g/mol. The molecule has 1 aromatic rings. The Kier molecular flexibility index (Phi) is 4.56. The van der Waals surface area contributed by atoms with Gasteiger partial charge in [-0.05, 0) is 31.4 Å². The molecular formula is C16H24N2. The van der Waals surface area contributed by atoms with Crippen LogP contribution in [0.15, 0.2) is 30.9 Å². The smallest absolute Gasteiger partial charge is 0.0386 e. The van der Waals surface area contributed by atoms with Crippen LogP contribution in [-0.4, -0.2) is 31.1 Å². The molecule has 0 amide bonds. The standard InChI is InChI=1S/C16H24N2/c1-4-5-16(18-10-8-17-9-11-18)15-7-6-13(2)12-14(15)3/h4,6-7,12,16-17H,1,5,8-11H2,2-3H3/t16-/m0/s1. The lowest BCUT2D eigenvalue weighted by molar-refractivity contribution is 0.174. The van der Waals surface area contributed by atoms with Crippen molar-refractivity contribution in [1.29, 1.82) is 0 Å². The summed E-state index contributed by atoms with van der Waals surface area (Å²) in [4.78, 5) is 2.58. The van der Waals surface area contributed by atoms with E-state index in [9.17, 15) is 0 Å². The fourth-order valence-electron chi connectivity index (χ4n) is 2.82. The van der Waals surface area contributed by atoms with Gasteiger partial charge in [0.15, 0.2) is 0 Å². The number of nitrogens with one attached hydrogen (secondary N) is 1. The zero-order valence-electron chi connectivity index (χ0n) is 11.6. The molecule has 0 aliphatic carbocycles. The molecule has 0 radical (unpaired) electrons. The van der Waals surface area contributed by atoms with E-state index < -0.39 is 0 Å². The molecule has 0 saturated carbocycles. The molecule has 1 fully saturated rings. The van der Waals surface area contributed by atoms with E-state index in [0.717, 1.165) is 32.6 Å². The van der Waals surface area contributed by atoms with E-state index >= 15 is 0 Å². The number of rotatable bonds is 4. The Morgan fingerprint density at radius 1 is 1.33 bits per heavy atom. The summed E-state index contributed by atoms with van der Waals surface area (Å²) >= 11 is 0. The summed E-state index contributed by atoms with van der Waals surface area (Å²) in [5.74, 6) is 0. The van der Waals surface area contributed by atoms with Crippen LogP contribution < -0.4 is 5.32 Å². The number of nitrogens with zero attached hydrogens (tertiary/aromatic N) is 1. The lowest BCUT2D eigenvalue weighted by atomic mass is 9.95. The Bertz CT molecular complexity index is 406. The third-order valence-corrected chi connectivity index (χ3v) is 3.77. The summed E-state index contributed by atoms with van der Waals surface area (Å²) in [7, 11) is 0. The lowest BCUT2D eigenvalue weighted by Gasteiger charge is -2.35. The average Bonchev–Trinajstić information content (AvgIpc) is 2.38. The maximum atomic E-state index is 3.93. The van der Waals surface area contributed by atoms with Gasteiger partial charge in [0.25, 0.3) is 0 Å². The second kappa shape index (κ2) is 6.17. The van der Waals surface area contributed by atoms with Crippen molar-refractivity contribution < 1.29 is 0 Å². The van der Waals surface area contributed by atoms with Crippen molar-refractivity contribution in [3.8, 4) is 0 Å². The minimum absolute atomic E-state index is 0.491. The van der Waals surface area contributed by atoms with Crippen molar-refractivity contribution in [2.45, 2.75) is 26.3 Å². The van der Waals surface area contributed by atoms with Crippen LogP contribution in [0, 0.1) is 13.8 Å². The van der Waals surface area contributed by atoms with Gasteiger partial charge in [-0.3, -0.25) is 4.90 Å². The molecule has 1 aromatic carbocycles. The van der Waals surface area contributed by atoms with Crippen LogP contribution in [0.3, 0.4) is 0 Å². The second-order valence-corrected chi connectivity index (χ2v) is 5.19. The molecule has 1 heterocycles. The molecule has 98 valence electrons. The molecule has 1 saturated heterocycles. The molecular weight excluding hydrogens is 220 g/mol. The first-order chi connectivity index (χ1) is 8.72. The van der Waals surface area contributed by atoms with Crippen molar-refractivity contribution in [1.82, 2.24) is 10.2 Å². The summed E-state index contributed by atoms with van der Waals surface area (Å²) in [6.07, 6.45) is 3.08. The van der Waals surface area contributed by atoms with Crippen molar-refractivity contribution in [3.05, 3.63) is 47.5 Å². The molecule has 1 atom stereocenters. The van der Waals surface area contributed by atoms with E-state index in [0.29, 0.717) is 6.04 Å². The van der Waals surface area contributed by atoms with Gasteiger partial charge in [-0.2, -0.15) is 0 Å². The first-order valence-electron chi connectivity index (χ1n) is 6.85. The van der Waals surface area contributed by atoms with Crippen LogP contribution in [0.2, 0.25) is 0 Å². The highest BCUT2D eigenvalue weighted by atomic mass is 15.2. The largest absolute Gasteiger partial charge is 0.314 e.